The molecule has 0 saturated carbocycles. The summed E-state index contributed by atoms with van der Waals surface area (Å²) >= 11 is 0. The predicted octanol–water partition coefficient (Wildman–Crippen LogP) is 3.82. The Morgan fingerprint density at radius 1 is 1.28 bits per heavy atom. The molecule has 0 bridgehead atoms. The Morgan fingerprint density at radius 3 is 2.72 bits per heavy atom. The highest BCUT2D eigenvalue weighted by Crippen LogP contribution is 2.33. The van der Waals surface area contributed by atoms with Gasteiger partial charge in [0.15, 0.2) is 6.10 Å². The molecule has 32 heavy (non-hydrogen) atoms. The Hall–Kier alpha value is -3.40. The topological polar surface area (TPSA) is 102 Å². The molecule has 0 saturated heterocycles. The van der Waals surface area contributed by atoms with Crippen LogP contribution >= 0.6 is 0 Å². The number of hydrogen-bond donors (Lipinski definition) is 2. The van der Waals surface area contributed by atoms with E-state index in [1.807, 2.05) is 13.0 Å². The largest absolute Gasteiger partial charge is 0.477 e. The van der Waals surface area contributed by atoms with Crippen LogP contribution in [0.4, 0.5) is 21.6 Å². The molecule has 170 valence electrons. The summed E-state index contributed by atoms with van der Waals surface area (Å²) in [7, 11) is -2.45. The number of aromatic nitrogens is 2. The highest BCUT2D eigenvalue weighted by atomic mass is 32.2. The van der Waals surface area contributed by atoms with Crippen LogP contribution in [0.2, 0.25) is 0 Å². The molecule has 10 heteroatoms. The third-order valence-electron chi connectivity index (χ3n) is 4.39. The summed E-state index contributed by atoms with van der Waals surface area (Å²) in [6.07, 6.45) is 1.96. The van der Waals surface area contributed by atoms with Crippen molar-refractivity contribution >= 4 is 49.6 Å². The SMILES string of the molecule is C=S(C)(=O)Nc1cc(C)c2c(Nc3ccc(F)cc3O[C@@H](C)C(=O)OCC)ncnc2c1. The quantitative estimate of drug-likeness (QED) is 0.389. The van der Waals surface area contributed by atoms with E-state index in [-0.39, 0.29) is 12.4 Å². The number of carbonyl (C=O) groups is 1. The van der Waals surface area contributed by atoms with E-state index in [2.05, 4.69) is 25.9 Å². The minimum absolute atomic E-state index is 0.135. The molecule has 3 aromatic rings. The van der Waals surface area contributed by atoms with Crippen LogP contribution in [-0.4, -0.2) is 45.0 Å². The van der Waals surface area contributed by atoms with Gasteiger partial charge in [-0.05, 0) is 56.5 Å². The molecular weight excluding hydrogens is 435 g/mol. The van der Waals surface area contributed by atoms with Gasteiger partial charge in [0.05, 0.1) is 17.8 Å². The average Bonchev–Trinajstić information content (AvgIpc) is 2.68. The van der Waals surface area contributed by atoms with Crippen molar-refractivity contribution in [2.45, 2.75) is 26.9 Å². The van der Waals surface area contributed by atoms with E-state index in [9.17, 15) is 13.4 Å². The van der Waals surface area contributed by atoms with Crippen LogP contribution < -0.4 is 14.8 Å². The second kappa shape index (κ2) is 9.39. The minimum atomic E-state index is -2.45. The van der Waals surface area contributed by atoms with Crippen molar-refractivity contribution in [3.05, 3.63) is 48.0 Å². The number of benzene rings is 2. The Kier molecular flexibility index (Phi) is 6.83. The zero-order valence-corrected chi connectivity index (χ0v) is 19.1. The van der Waals surface area contributed by atoms with Gasteiger partial charge in [-0.1, -0.05) is 0 Å². The molecule has 0 spiro atoms. The molecule has 0 amide bonds. The Balaban J connectivity index is 1.98. The first kappa shape index (κ1) is 23.3. The molecule has 0 fully saturated rings. The van der Waals surface area contributed by atoms with Gasteiger partial charge in [0, 0.05) is 33.1 Å². The summed E-state index contributed by atoms with van der Waals surface area (Å²) in [5.74, 6) is 3.14. The number of hydrogen-bond acceptors (Lipinski definition) is 7. The molecule has 1 unspecified atom stereocenters. The van der Waals surface area contributed by atoms with Crippen LogP contribution in [0.1, 0.15) is 19.4 Å². The molecule has 0 aliphatic rings. The average molecular weight is 461 g/mol. The number of nitrogens with one attached hydrogen (secondary N) is 2. The first-order valence-electron chi connectivity index (χ1n) is 9.82. The maximum Gasteiger partial charge on any atom is 0.347 e. The molecular formula is C22H25FN4O4S. The van der Waals surface area contributed by atoms with E-state index >= 15 is 0 Å². The standard InChI is InChI=1S/C22H25FN4O4S/c1-6-30-22(28)14(3)31-19-10-15(23)7-8-17(19)26-21-20-13(2)9-16(27-32(4,5)29)11-18(20)24-12-25-21/h7-12,14H,4,6H2,1-3,5H3,(H,27,29)(H,24,25,26)/t14-,32?/m0/s1. The number of carbonyl (C=O) groups excluding carboxylic acids is 1. The zero-order chi connectivity index (χ0) is 23.5. The van der Waals surface area contributed by atoms with E-state index < -0.39 is 27.6 Å². The van der Waals surface area contributed by atoms with Crippen molar-refractivity contribution in [1.82, 2.24) is 9.97 Å². The van der Waals surface area contributed by atoms with Crippen LogP contribution in [-0.2, 0) is 19.2 Å². The lowest BCUT2D eigenvalue weighted by Gasteiger charge is -2.18. The van der Waals surface area contributed by atoms with Crippen LogP contribution in [0.5, 0.6) is 5.75 Å². The molecule has 3 rings (SSSR count). The lowest BCUT2D eigenvalue weighted by molar-refractivity contribution is -0.150. The van der Waals surface area contributed by atoms with Gasteiger partial charge in [0.25, 0.3) is 0 Å². The Labute approximate surface area is 186 Å². The molecule has 2 N–H and O–H groups in total. The zero-order valence-electron chi connectivity index (χ0n) is 18.3. The van der Waals surface area contributed by atoms with Gasteiger partial charge in [-0.25, -0.2) is 23.4 Å². The number of esters is 1. The highest BCUT2D eigenvalue weighted by Gasteiger charge is 2.19. The Morgan fingerprint density at radius 2 is 2.03 bits per heavy atom. The number of halogens is 1. The monoisotopic (exact) mass is 460 g/mol. The molecule has 0 aliphatic heterocycles. The number of fused-ring (bicyclic) bond motifs is 1. The van der Waals surface area contributed by atoms with E-state index in [0.717, 1.165) is 10.9 Å². The van der Waals surface area contributed by atoms with Crippen LogP contribution in [0, 0.1) is 12.7 Å². The maximum absolute atomic E-state index is 13.9. The van der Waals surface area contributed by atoms with Gasteiger partial charge < -0.3 is 19.5 Å². The van der Waals surface area contributed by atoms with Crippen molar-refractivity contribution in [3.63, 3.8) is 0 Å². The first-order valence-corrected chi connectivity index (χ1v) is 12.0. The summed E-state index contributed by atoms with van der Waals surface area (Å²) in [6, 6.07) is 7.51. The lowest BCUT2D eigenvalue weighted by atomic mass is 10.1. The predicted molar refractivity (Wildman–Crippen MR) is 125 cm³/mol. The number of ether oxygens (including phenoxy) is 2. The summed E-state index contributed by atoms with van der Waals surface area (Å²) in [6.45, 7) is 5.30. The van der Waals surface area contributed by atoms with E-state index in [4.69, 9.17) is 9.47 Å². The summed E-state index contributed by atoms with van der Waals surface area (Å²) in [5.41, 5.74) is 2.47. The fourth-order valence-corrected chi connectivity index (χ4v) is 3.73. The van der Waals surface area contributed by atoms with Gasteiger partial charge in [-0.3, -0.25) is 0 Å². The van der Waals surface area contributed by atoms with Gasteiger partial charge in [0.1, 0.15) is 23.7 Å². The van der Waals surface area contributed by atoms with Crippen LogP contribution in [0.25, 0.3) is 10.9 Å². The second-order valence-electron chi connectivity index (χ2n) is 7.29. The lowest BCUT2D eigenvalue weighted by Crippen LogP contribution is -2.26. The maximum atomic E-state index is 13.9. The van der Waals surface area contributed by atoms with Gasteiger partial charge in [-0.15, -0.1) is 0 Å². The second-order valence-corrected chi connectivity index (χ2v) is 9.51. The van der Waals surface area contributed by atoms with Crippen LogP contribution in [0.15, 0.2) is 36.7 Å². The molecule has 0 radical (unpaired) electrons. The third kappa shape index (κ3) is 5.64. The van der Waals surface area contributed by atoms with Crippen LogP contribution in [0.3, 0.4) is 0 Å². The molecule has 2 aromatic carbocycles. The molecule has 2 atom stereocenters. The highest BCUT2D eigenvalue weighted by molar-refractivity contribution is 8.00. The van der Waals surface area contributed by atoms with Crippen molar-refractivity contribution < 1.29 is 22.9 Å². The number of anilines is 3. The van der Waals surface area contributed by atoms with Gasteiger partial charge >= 0.3 is 5.97 Å². The first-order chi connectivity index (χ1) is 15.1. The normalized spacial score (nSPS) is 13.8. The van der Waals surface area contributed by atoms with Gasteiger partial charge in [0.2, 0.25) is 0 Å². The summed E-state index contributed by atoms with van der Waals surface area (Å²) < 4.78 is 39.4. The smallest absolute Gasteiger partial charge is 0.347 e. The number of nitrogens with zero attached hydrogens (tertiary/aromatic N) is 2. The van der Waals surface area contributed by atoms with E-state index in [1.54, 1.807) is 13.0 Å². The molecule has 1 heterocycles. The fourth-order valence-electron chi connectivity index (χ4n) is 3.12. The van der Waals surface area contributed by atoms with Crippen molar-refractivity contribution in [1.29, 1.82) is 0 Å². The molecule has 0 aliphatic carbocycles. The van der Waals surface area contributed by atoms with Crippen molar-refractivity contribution in [2.75, 3.05) is 22.9 Å². The summed E-state index contributed by atoms with van der Waals surface area (Å²) in [4.78, 5) is 20.6. The molecule has 1 aromatic heterocycles. The minimum Gasteiger partial charge on any atom is -0.477 e. The summed E-state index contributed by atoms with van der Waals surface area (Å²) in [5, 5.41) is 3.86. The Bertz CT molecular complexity index is 1260. The number of aryl methyl sites for hydroxylation is 1. The fraction of sp³-hybridized carbons (Fsp3) is 0.273. The molecule has 8 nitrogen and oxygen atoms in total. The van der Waals surface area contributed by atoms with Crippen molar-refractivity contribution in [3.8, 4) is 5.75 Å². The van der Waals surface area contributed by atoms with E-state index in [0.29, 0.717) is 22.7 Å². The van der Waals surface area contributed by atoms with E-state index in [1.165, 1.54) is 37.7 Å². The van der Waals surface area contributed by atoms with Crippen molar-refractivity contribution in [2.24, 2.45) is 0 Å². The number of rotatable bonds is 8. The van der Waals surface area contributed by atoms with Gasteiger partial charge in [-0.2, -0.15) is 0 Å². The third-order valence-corrected chi connectivity index (χ3v) is 5.06.